The van der Waals surface area contributed by atoms with E-state index < -0.39 is 11.6 Å². The van der Waals surface area contributed by atoms with Crippen LogP contribution in [-0.4, -0.2) is 34.6 Å². The summed E-state index contributed by atoms with van der Waals surface area (Å²) in [6.45, 7) is 3.65. The normalized spacial score (nSPS) is 37.3. The lowest BCUT2D eigenvalue weighted by Gasteiger charge is -2.47. The zero-order valence-electron chi connectivity index (χ0n) is 8.20. The summed E-state index contributed by atoms with van der Waals surface area (Å²) >= 11 is 0. The minimum Gasteiger partial charge on any atom is -0.390 e. The van der Waals surface area contributed by atoms with E-state index in [4.69, 9.17) is 0 Å². The first-order valence-electron chi connectivity index (χ1n) is 4.78. The second-order valence-corrected chi connectivity index (χ2v) is 4.34. The Morgan fingerprint density at radius 2 is 2.14 bits per heavy atom. The third-order valence-electron chi connectivity index (χ3n) is 3.06. The van der Waals surface area contributed by atoms with Crippen molar-refractivity contribution in [2.24, 2.45) is 5.92 Å². The molecule has 14 heavy (non-hydrogen) atoms. The highest BCUT2D eigenvalue weighted by molar-refractivity contribution is 6.03. The second kappa shape index (κ2) is 2.70. The summed E-state index contributed by atoms with van der Waals surface area (Å²) in [4.78, 5) is 22.6. The molecule has 3 N–H and O–H groups in total. The van der Waals surface area contributed by atoms with Gasteiger partial charge in [-0.1, -0.05) is 13.8 Å². The molecule has 3 atom stereocenters. The lowest BCUT2D eigenvalue weighted by Crippen LogP contribution is -2.80. The van der Waals surface area contributed by atoms with Crippen LogP contribution in [0.3, 0.4) is 0 Å². The highest BCUT2D eigenvalue weighted by Gasteiger charge is 2.65. The summed E-state index contributed by atoms with van der Waals surface area (Å²) in [5, 5.41) is 15.1. The zero-order chi connectivity index (χ0) is 10.5. The van der Waals surface area contributed by atoms with Gasteiger partial charge in [-0.25, -0.2) is 0 Å². The standard InChI is InChI=1S/C9H14N2O3/c1-4(2)7(13)9-5(10-8(9)14)3-6(12)11-9/h4-5,7,13H,3H2,1-2H3,(H,10,14)(H,11,12)/t5-,7-,9-/m0/s1. The maximum Gasteiger partial charge on any atom is 0.250 e. The van der Waals surface area contributed by atoms with Gasteiger partial charge in [0.1, 0.15) is 0 Å². The largest absolute Gasteiger partial charge is 0.390 e. The molecule has 0 aromatic rings. The minimum atomic E-state index is -1.05. The van der Waals surface area contributed by atoms with E-state index in [2.05, 4.69) is 10.6 Å². The van der Waals surface area contributed by atoms with Crippen molar-refractivity contribution in [3.8, 4) is 0 Å². The number of aliphatic hydroxyl groups excluding tert-OH is 1. The fourth-order valence-corrected chi connectivity index (χ4v) is 2.24. The minimum absolute atomic E-state index is 0.0537. The van der Waals surface area contributed by atoms with Crippen LogP contribution in [0.25, 0.3) is 0 Å². The van der Waals surface area contributed by atoms with Crippen LogP contribution in [0, 0.1) is 5.92 Å². The predicted molar refractivity (Wildman–Crippen MR) is 48.3 cm³/mol. The molecular weight excluding hydrogens is 184 g/mol. The highest BCUT2D eigenvalue weighted by Crippen LogP contribution is 2.35. The van der Waals surface area contributed by atoms with Crippen LogP contribution in [0.2, 0.25) is 0 Å². The van der Waals surface area contributed by atoms with Crippen LogP contribution < -0.4 is 10.6 Å². The fourth-order valence-electron chi connectivity index (χ4n) is 2.24. The molecule has 2 fully saturated rings. The van der Waals surface area contributed by atoms with Crippen LogP contribution in [0.4, 0.5) is 0 Å². The number of rotatable bonds is 2. The van der Waals surface area contributed by atoms with Crippen molar-refractivity contribution in [3.05, 3.63) is 0 Å². The second-order valence-electron chi connectivity index (χ2n) is 4.34. The Morgan fingerprint density at radius 3 is 2.57 bits per heavy atom. The first-order chi connectivity index (χ1) is 6.48. The lowest BCUT2D eigenvalue weighted by atomic mass is 9.74. The number of carbonyl (C=O) groups excluding carboxylic acids is 2. The van der Waals surface area contributed by atoms with Crippen LogP contribution >= 0.6 is 0 Å². The van der Waals surface area contributed by atoms with Gasteiger partial charge in [-0.05, 0) is 5.92 Å². The summed E-state index contributed by atoms with van der Waals surface area (Å²) in [6, 6.07) is -0.236. The Morgan fingerprint density at radius 1 is 1.50 bits per heavy atom. The molecule has 5 heteroatoms. The zero-order valence-corrected chi connectivity index (χ0v) is 8.20. The number of nitrogens with one attached hydrogen (secondary N) is 2. The monoisotopic (exact) mass is 198 g/mol. The van der Waals surface area contributed by atoms with E-state index in [1.54, 1.807) is 0 Å². The molecule has 0 spiro atoms. The summed E-state index contributed by atoms with van der Waals surface area (Å²) in [5.74, 6) is -0.496. The molecule has 0 aromatic heterocycles. The van der Waals surface area contributed by atoms with E-state index in [-0.39, 0.29) is 30.2 Å². The van der Waals surface area contributed by atoms with E-state index >= 15 is 0 Å². The van der Waals surface area contributed by atoms with Crippen LogP contribution in [0.1, 0.15) is 20.3 Å². The van der Waals surface area contributed by atoms with Gasteiger partial charge in [0, 0.05) is 6.42 Å². The smallest absolute Gasteiger partial charge is 0.250 e. The Kier molecular flexibility index (Phi) is 1.82. The van der Waals surface area contributed by atoms with Crippen LogP contribution in [0.5, 0.6) is 0 Å². The maximum atomic E-state index is 11.4. The average molecular weight is 198 g/mol. The molecule has 2 aliphatic heterocycles. The molecule has 2 saturated heterocycles. The molecule has 2 amide bonds. The Hall–Kier alpha value is -1.10. The van der Waals surface area contributed by atoms with Gasteiger partial charge in [-0.2, -0.15) is 0 Å². The summed E-state index contributed by atoms with van der Waals surface area (Å²) < 4.78 is 0. The SMILES string of the molecule is CC(C)[C@H](O)[C@@]12NC(=O)C[C@@H]1NC2=O. The number of β-lactam (4-membered cyclic amide) rings is 1. The Balaban J connectivity index is 2.28. The molecular formula is C9H14N2O3. The van der Waals surface area contributed by atoms with Crippen molar-refractivity contribution in [2.45, 2.75) is 38.0 Å². The van der Waals surface area contributed by atoms with Gasteiger partial charge in [-0.15, -0.1) is 0 Å². The van der Waals surface area contributed by atoms with Gasteiger partial charge in [0.05, 0.1) is 12.1 Å². The summed E-state index contributed by atoms with van der Waals surface area (Å²) in [5.41, 5.74) is -1.05. The molecule has 5 nitrogen and oxygen atoms in total. The topological polar surface area (TPSA) is 78.4 Å². The molecule has 0 unspecified atom stereocenters. The van der Waals surface area contributed by atoms with E-state index in [1.165, 1.54) is 0 Å². The van der Waals surface area contributed by atoms with Gasteiger partial charge in [0.25, 0.3) is 5.91 Å². The van der Waals surface area contributed by atoms with E-state index in [9.17, 15) is 14.7 Å². The third-order valence-corrected chi connectivity index (χ3v) is 3.06. The molecule has 0 aliphatic carbocycles. The third kappa shape index (κ3) is 0.930. The molecule has 2 aliphatic rings. The van der Waals surface area contributed by atoms with Crippen molar-refractivity contribution in [1.82, 2.24) is 10.6 Å². The van der Waals surface area contributed by atoms with Crippen molar-refractivity contribution in [3.63, 3.8) is 0 Å². The molecule has 2 rings (SSSR count). The van der Waals surface area contributed by atoms with Gasteiger partial charge in [-0.3, -0.25) is 9.59 Å². The number of hydrogen-bond acceptors (Lipinski definition) is 3. The van der Waals surface area contributed by atoms with Gasteiger partial charge in [0.15, 0.2) is 5.54 Å². The Bertz CT molecular complexity index is 302. The first-order valence-corrected chi connectivity index (χ1v) is 4.78. The van der Waals surface area contributed by atoms with Crippen molar-refractivity contribution in [2.75, 3.05) is 0 Å². The number of carbonyl (C=O) groups is 2. The predicted octanol–water partition coefficient (Wildman–Crippen LogP) is -1.24. The van der Waals surface area contributed by atoms with E-state index in [1.807, 2.05) is 13.8 Å². The van der Waals surface area contributed by atoms with Crippen molar-refractivity contribution >= 4 is 11.8 Å². The molecule has 0 aromatic carbocycles. The average Bonchev–Trinajstić information content (AvgIpc) is 2.37. The highest BCUT2D eigenvalue weighted by atomic mass is 16.3. The molecule has 2 heterocycles. The Labute approximate surface area is 81.9 Å². The van der Waals surface area contributed by atoms with Gasteiger partial charge < -0.3 is 15.7 Å². The van der Waals surface area contributed by atoms with E-state index in [0.717, 1.165) is 0 Å². The maximum absolute atomic E-state index is 11.4. The molecule has 0 radical (unpaired) electrons. The summed E-state index contributed by atoms with van der Waals surface area (Å²) in [6.07, 6.45) is -0.539. The van der Waals surface area contributed by atoms with E-state index in [0.29, 0.717) is 0 Å². The van der Waals surface area contributed by atoms with Gasteiger partial charge >= 0.3 is 0 Å². The quantitative estimate of drug-likeness (QED) is 0.486. The molecule has 0 saturated carbocycles. The van der Waals surface area contributed by atoms with Crippen LogP contribution in [-0.2, 0) is 9.59 Å². The van der Waals surface area contributed by atoms with Crippen molar-refractivity contribution in [1.29, 1.82) is 0 Å². The lowest BCUT2D eigenvalue weighted by molar-refractivity contribution is -0.148. The first kappa shape index (κ1) is 9.45. The molecule has 0 bridgehead atoms. The number of aliphatic hydroxyl groups is 1. The fraction of sp³-hybridized carbons (Fsp3) is 0.778. The number of amides is 2. The summed E-state index contributed by atoms with van der Waals surface area (Å²) in [7, 11) is 0. The van der Waals surface area contributed by atoms with Crippen molar-refractivity contribution < 1.29 is 14.7 Å². The van der Waals surface area contributed by atoms with Crippen LogP contribution in [0.15, 0.2) is 0 Å². The number of fused-ring (bicyclic) bond motifs is 1. The molecule has 78 valence electrons. The van der Waals surface area contributed by atoms with Gasteiger partial charge in [0.2, 0.25) is 5.91 Å². The number of hydrogen-bond donors (Lipinski definition) is 3.